The molecule has 0 aliphatic heterocycles. The lowest BCUT2D eigenvalue weighted by atomic mass is 9.68. The number of hydrogen-bond acceptors (Lipinski definition) is 4. The Balaban J connectivity index is 2.15. The van der Waals surface area contributed by atoms with Crippen molar-refractivity contribution in [2.45, 2.75) is 103 Å². The van der Waals surface area contributed by atoms with Gasteiger partial charge in [0.2, 0.25) is 0 Å². The maximum absolute atomic E-state index is 13.1. The molecule has 0 atom stereocenters. The first kappa shape index (κ1) is 23.0. The Labute approximate surface area is 171 Å². The van der Waals surface area contributed by atoms with Crippen molar-refractivity contribution in [1.82, 2.24) is 5.32 Å². The molecule has 0 spiro atoms. The van der Waals surface area contributed by atoms with Crippen LogP contribution in [0, 0.1) is 17.3 Å². The van der Waals surface area contributed by atoms with Crippen molar-refractivity contribution in [3.63, 3.8) is 0 Å². The van der Waals surface area contributed by atoms with E-state index < -0.39 is 17.1 Å². The molecular formula is C23H41NO4. The van der Waals surface area contributed by atoms with Gasteiger partial charge in [-0.2, -0.15) is 0 Å². The summed E-state index contributed by atoms with van der Waals surface area (Å²) in [4.78, 5) is 25.4. The van der Waals surface area contributed by atoms with Gasteiger partial charge in [-0.25, -0.2) is 4.79 Å². The van der Waals surface area contributed by atoms with Crippen molar-refractivity contribution in [1.29, 1.82) is 0 Å². The van der Waals surface area contributed by atoms with Gasteiger partial charge in [-0.05, 0) is 45.4 Å². The minimum Gasteiger partial charge on any atom is -0.469 e. The molecule has 0 aromatic heterocycles. The number of nitrogens with one attached hydrogen (secondary N) is 1. The van der Waals surface area contributed by atoms with Crippen LogP contribution in [-0.4, -0.2) is 31.3 Å². The first-order valence-corrected chi connectivity index (χ1v) is 11.3. The number of rotatable bonds is 7. The summed E-state index contributed by atoms with van der Waals surface area (Å²) in [6, 6.07) is 0. The van der Waals surface area contributed by atoms with Gasteiger partial charge < -0.3 is 14.8 Å². The highest BCUT2D eigenvalue weighted by molar-refractivity contribution is 5.78. The van der Waals surface area contributed by atoms with Crippen LogP contribution >= 0.6 is 0 Å². The minimum atomic E-state index is -0.643. The van der Waals surface area contributed by atoms with Crippen molar-refractivity contribution in [2.24, 2.45) is 17.3 Å². The Morgan fingerprint density at radius 1 is 0.857 bits per heavy atom. The smallest absolute Gasteiger partial charge is 0.407 e. The normalized spacial score (nSPS) is 19.9. The van der Waals surface area contributed by atoms with E-state index in [-0.39, 0.29) is 5.97 Å². The first-order chi connectivity index (χ1) is 13.2. The summed E-state index contributed by atoms with van der Waals surface area (Å²) in [5.41, 5.74) is -1.19. The van der Waals surface area contributed by atoms with Gasteiger partial charge in [0.15, 0.2) is 0 Å². The Morgan fingerprint density at radius 2 is 1.32 bits per heavy atom. The third-order valence-corrected chi connectivity index (χ3v) is 6.40. The topological polar surface area (TPSA) is 64.6 Å². The van der Waals surface area contributed by atoms with Gasteiger partial charge >= 0.3 is 12.1 Å². The lowest BCUT2D eigenvalue weighted by molar-refractivity contribution is -0.155. The summed E-state index contributed by atoms with van der Waals surface area (Å²) in [6.07, 6.45) is 13.4. The Hall–Kier alpha value is -1.26. The fourth-order valence-corrected chi connectivity index (χ4v) is 5.13. The van der Waals surface area contributed by atoms with Gasteiger partial charge in [-0.1, -0.05) is 64.2 Å². The van der Waals surface area contributed by atoms with Gasteiger partial charge in [0, 0.05) is 6.54 Å². The Kier molecular flexibility index (Phi) is 8.63. The van der Waals surface area contributed by atoms with Gasteiger partial charge in [0.05, 0.1) is 12.5 Å². The standard InChI is InChI=1S/C23H41NO4/c1-22(2,3)28-21(26)24-17-23(20(25)27-4,15-18-11-7-5-8-12-18)16-19-13-9-6-10-14-19/h18-19H,5-17H2,1-4H3,(H,24,26). The number of amides is 1. The molecule has 0 unspecified atom stereocenters. The molecular weight excluding hydrogens is 354 g/mol. The van der Waals surface area contributed by atoms with Crippen molar-refractivity contribution in [3.8, 4) is 0 Å². The summed E-state index contributed by atoms with van der Waals surface area (Å²) in [6.45, 7) is 5.86. The molecule has 0 aromatic carbocycles. The highest BCUT2D eigenvalue weighted by atomic mass is 16.6. The van der Waals surface area contributed by atoms with E-state index in [0.29, 0.717) is 18.4 Å². The molecule has 5 nitrogen and oxygen atoms in total. The number of alkyl carbamates (subject to hydrolysis) is 1. The molecule has 2 aliphatic carbocycles. The van der Waals surface area contributed by atoms with E-state index in [0.717, 1.165) is 12.8 Å². The van der Waals surface area contributed by atoms with Gasteiger partial charge in [-0.15, -0.1) is 0 Å². The lowest BCUT2D eigenvalue weighted by Crippen LogP contribution is -2.47. The van der Waals surface area contributed by atoms with Crippen molar-refractivity contribution in [2.75, 3.05) is 13.7 Å². The lowest BCUT2D eigenvalue weighted by Gasteiger charge is -2.39. The molecule has 162 valence electrons. The molecule has 0 aromatic rings. The summed E-state index contributed by atoms with van der Waals surface area (Å²) >= 11 is 0. The van der Waals surface area contributed by atoms with E-state index in [4.69, 9.17) is 9.47 Å². The molecule has 1 N–H and O–H groups in total. The van der Waals surface area contributed by atoms with Gasteiger partial charge in [0.25, 0.3) is 0 Å². The van der Waals surface area contributed by atoms with E-state index >= 15 is 0 Å². The average Bonchev–Trinajstić information content (AvgIpc) is 2.66. The van der Waals surface area contributed by atoms with Crippen LogP contribution in [0.1, 0.15) is 97.8 Å². The number of hydrogen-bond donors (Lipinski definition) is 1. The highest BCUT2D eigenvalue weighted by Gasteiger charge is 2.44. The molecule has 2 fully saturated rings. The van der Waals surface area contributed by atoms with Crippen LogP contribution in [0.4, 0.5) is 4.79 Å². The maximum Gasteiger partial charge on any atom is 0.407 e. The van der Waals surface area contributed by atoms with Crippen LogP contribution in [0.5, 0.6) is 0 Å². The molecule has 28 heavy (non-hydrogen) atoms. The summed E-state index contributed by atoms with van der Waals surface area (Å²) < 4.78 is 10.7. The summed E-state index contributed by atoms with van der Waals surface area (Å²) in [5, 5.41) is 2.91. The van der Waals surface area contributed by atoms with E-state index in [1.54, 1.807) is 0 Å². The quantitative estimate of drug-likeness (QED) is 0.569. The number of ether oxygens (including phenoxy) is 2. The van der Waals surface area contributed by atoms with Crippen molar-refractivity contribution in [3.05, 3.63) is 0 Å². The van der Waals surface area contributed by atoms with E-state index in [2.05, 4.69) is 5.32 Å². The van der Waals surface area contributed by atoms with E-state index in [9.17, 15) is 9.59 Å². The Morgan fingerprint density at radius 3 is 1.71 bits per heavy atom. The monoisotopic (exact) mass is 395 g/mol. The summed E-state index contributed by atoms with van der Waals surface area (Å²) in [5.74, 6) is 0.911. The number of esters is 1. The molecule has 0 radical (unpaired) electrons. The molecule has 0 bridgehead atoms. The van der Waals surface area contributed by atoms with Crippen LogP contribution < -0.4 is 5.32 Å². The second kappa shape index (κ2) is 10.5. The fourth-order valence-electron chi connectivity index (χ4n) is 5.13. The van der Waals surface area contributed by atoms with Gasteiger partial charge in [0.1, 0.15) is 5.60 Å². The zero-order valence-corrected chi connectivity index (χ0v) is 18.5. The van der Waals surface area contributed by atoms with Crippen LogP contribution in [0.2, 0.25) is 0 Å². The average molecular weight is 396 g/mol. The largest absolute Gasteiger partial charge is 0.469 e. The summed E-state index contributed by atoms with van der Waals surface area (Å²) in [7, 11) is 1.48. The second-order valence-corrected chi connectivity index (χ2v) is 10.0. The first-order valence-electron chi connectivity index (χ1n) is 11.3. The van der Waals surface area contributed by atoms with E-state index in [1.165, 1.54) is 71.3 Å². The molecule has 2 saturated carbocycles. The molecule has 2 aliphatic rings. The van der Waals surface area contributed by atoms with Crippen LogP contribution in [0.25, 0.3) is 0 Å². The van der Waals surface area contributed by atoms with Crippen LogP contribution in [-0.2, 0) is 14.3 Å². The minimum absolute atomic E-state index is 0.167. The SMILES string of the molecule is COC(=O)C(CNC(=O)OC(C)(C)C)(CC1CCCCC1)CC1CCCCC1. The van der Waals surface area contributed by atoms with E-state index in [1.807, 2.05) is 20.8 Å². The predicted octanol–water partition coefficient (Wildman–Crippen LogP) is 5.61. The van der Waals surface area contributed by atoms with Crippen LogP contribution in [0.3, 0.4) is 0 Å². The zero-order valence-electron chi connectivity index (χ0n) is 18.5. The third-order valence-electron chi connectivity index (χ3n) is 6.40. The highest BCUT2D eigenvalue weighted by Crippen LogP contribution is 2.42. The molecule has 5 heteroatoms. The Bertz CT molecular complexity index is 479. The molecule has 0 heterocycles. The molecule has 1 amide bonds. The number of carbonyl (C=O) groups excluding carboxylic acids is 2. The number of carbonyl (C=O) groups is 2. The van der Waals surface area contributed by atoms with Crippen molar-refractivity contribution >= 4 is 12.1 Å². The van der Waals surface area contributed by atoms with Crippen LogP contribution in [0.15, 0.2) is 0 Å². The van der Waals surface area contributed by atoms with Crippen molar-refractivity contribution < 1.29 is 19.1 Å². The third kappa shape index (κ3) is 7.29. The van der Waals surface area contributed by atoms with Gasteiger partial charge in [-0.3, -0.25) is 4.79 Å². The fraction of sp³-hybridized carbons (Fsp3) is 0.913. The zero-order chi connectivity index (χ0) is 20.6. The maximum atomic E-state index is 13.1. The second-order valence-electron chi connectivity index (χ2n) is 10.0. The molecule has 0 saturated heterocycles. The molecule has 2 rings (SSSR count). The predicted molar refractivity (Wildman–Crippen MR) is 111 cm³/mol. The number of methoxy groups -OCH3 is 1.